The number of unbranched alkanes of at least 4 members (excludes halogenated alkanes) is 2. The van der Waals surface area contributed by atoms with Crippen molar-refractivity contribution in [2.45, 2.75) is 52.4 Å². The fourth-order valence-corrected chi connectivity index (χ4v) is 3.90. The zero-order valence-electron chi connectivity index (χ0n) is 19.5. The van der Waals surface area contributed by atoms with Crippen molar-refractivity contribution < 1.29 is 19.1 Å². The van der Waals surface area contributed by atoms with Gasteiger partial charge >= 0.3 is 11.9 Å². The van der Waals surface area contributed by atoms with Gasteiger partial charge in [0.05, 0.1) is 22.2 Å². The minimum Gasteiger partial charge on any atom is -0.426 e. The molecular formula is C28H28N2O4. The van der Waals surface area contributed by atoms with Crippen LogP contribution in [0.4, 0.5) is 0 Å². The van der Waals surface area contributed by atoms with Gasteiger partial charge in [0.2, 0.25) is 0 Å². The molecule has 2 heterocycles. The molecule has 0 unspecified atom stereocenters. The van der Waals surface area contributed by atoms with E-state index in [9.17, 15) is 9.59 Å². The second-order valence-corrected chi connectivity index (χ2v) is 8.18. The molecule has 0 spiro atoms. The summed E-state index contributed by atoms with van der Waals surface area (Å²) in [5, 5.41) is 1.75. The third kappa shape index (κ3) is 5.06. The maximum Gasteiger partial charge on any atom is 0.311 e. The molecular weight excluding hydrogens is 428 g/mol. The number of rotatable bonds is 9. The maximum atomic E-state index is 12.6. The summed E-state index contributed by atoms with van der Waals surface area (Å²) in [5.74, 6) is 0.119. The lowest BCUT2D eigenvalue weighted by Crippen LogP contribution is -2.10. The van der Waals surface area contributed by atoms with Crippen molar-refractivity contribution in [2.24, 2.45) is 0 Å². The number of nitrogens with zero attached hydrogens (tertiary/aromatic N) is 2. The third-order valence-electron chi connectivity index (χ3n) is 5.64. The number of benzene rings is 2. The molecule has 0 saturated heterocycles. The predicted molar refractivity (Wildman–Crippen MR) is 133 cm³/mol. The lowest BCUT2D eigenvalue weighted by atomic mass is 9.97. The highest BCUT2D eigenvalue weighted by Gasteiger charge is 2.23. The second kappa shape index (κ2) is 10.9. The van der Waals surface area contributed by atoms with Crippen LogP contribution in [0.1, 0.15) is 52.4 Å². The van der Waals surface area contributed by atoms with Gasteiger partial charge in [-0.25, -0.2) is 0 Å². The van der Waals surface area contributed by atoms with Gasteiger partial charge in [0.1, 0.15) is 11.5 Å². The van der Waals surface area contributed by atoms with E-state index in [1.165, 1.54) is 0 Å². The van der Waals surface area contributed by atoms with Gasteiger partial charge in [-0.05, 0) is 49.2 Å². The van der Waals surface area contributed by atoms with Gasteiger partial charge in [0.15, 0.2) is 0 Å². The number of carbonyl (C=O) groups excluding carboxylic acids is 2. The summed E-state index contributed by atoms with van der Waals surface area (Å²) in [6.07, 6.45) is 7.32. The molecule has 2 aromatic carbocycles. The van der Waals surface area contributed by atoms with Crippen LogP contribution in [0.3, 0.4) is 0 Å². The summed E-state index contributed by atoms with van der Waals surface area (Å²) in [4.78, 5) is 34.4. The van der Waals surface area contributed by atoms with Crippen LogP contribution in [0.5, 0.6) is 11.5 Å². The van der Waals surface area contributed by atoms with Crippen molar-refractivity contribution in [1.82, 2.24) is 9.97 Å². The molecule has 0 amide bonds. The normalized spacial score (nSPS) is 11.0. The van der Waals surface area contributed by atoms with Crippen molar-refractivity contribution in [3.05, 3.63) is 60.9 Å². The first-order valence-corrected chi connectivity index (χ1v) is 11.8. The molecule has 0 atom stereocenters. The monoisotopic (exact) mass is 456 g/mol. The lowest BCUT2D eigenvalue weighted by molar-refractivity contribution is -0.135. The highest BCUT2D eigenvalue weighted by atomic mass is 16.5. The van der Waals surface area contributed by atoms with E-state index in [4.69, 9.17) is 9.47 Å². The van der Waals surface area contributed by atoms with E-state index >= 15 is 0 Å². The molecule has 0 aliphatic rings. The van der Waals surface area contributed by atoms with E-state index in [0.29, 0.717) is 46.5 Å². The molecule has 0 aliphatic carbocycles. The van der Waals surface area contributed by atoms with Crippen LogP contribution in [0.15, 0.2) is 60.9 Å². The third-order valence-corrected chi connectivity index (χ3v) is 5.64. The summed E-state index contributed by atoms with van der Waals surface area (Å²) >= 11 is 0. The van der Waals surface area contributed by atoms with Crippen LogP contribution in [0.25, 0.3) is 32.9 Å². The summed E-state index contributed by atoms with van der Waals surface area (Å²) < 4.78 is 11.7. The van der Waals surface area contributed by atoms with Crippen molar-refractivity contribution >= 4 is 33.7 Å². The standard InChI is InChI=1S/C28H28N2O4/c1-3-5-11-23(31)33-21-15-13-19-9-7-17-29-27(19)25(21)26-22(34-24(32)12-6-4-2)16-14-20-10-8-18-30-28(20)26/h7-10,13-18H,3-6,11-12H2,1-2H3. The van der Waals surface area contributed by atoms with Gasteiger partial charge in [-0.2, -0.15) is 0 Å². The number of hydrogen-bond donors (Lipinski definition) is 0. The zero-order chi connectivity index (χ0) is 23.9. The van der Waals surface area contributed by atoms with Crippen LogP contribution >= 0.6 is 0 Å². The largest absolute Gasteiger partial charge is 0.426 e. The molecule has 0 fully saturated rings. The smallest absolute Gasteiger partial charge is 0.311 e. The van der Waals surface area contributed by atoms with Crippen LogP contribution in [0, 0.1) is 0 Å². The molecule has 0 bridgehead atoms. The van der Waals surface area contributed by atoms with E-state index < -0.39 is 0 Å². The van der Waals surface area contributed by atoms with Gasteiger partial charge in [-0.3, -0.25) is 19.6 Å². The molecule has 2 aromatic heterocycles. The molecule has 0 aliphatic heterocycles. The fraction of sp³-hybridized carbons (Fsp3) is 0.286. The Bertz CT molecular complexity index is 1230. The second-order valence-electron chi connectivity index (χ2n) is 8.18. The van der Waals surface area contributed by atoms with Crippen molar-refractivity contribution in [1.29, 1.82) is 0 Å². The SMILES string of the molecule is CCCCC(=O)Oc1ccc2cccnc2c1-c1c(OC(=O)CCCC)ccc2cccnc12. The Kier molecular flexibility index (Phi) is 7.48. The number of carbonyl (C=O) groups is 2. The van der Waals surface area contributed by atoms with Crippen molar-refractivity contribution in [2.75, 3.05) is 0 Å². The van der Waals surface area contributed by atoms with Gasteiger partial charge < -0.3 is 9.47 Å². The molecule has 0 saturated carbocycles. The van der Waals surface area contributed by atoms with Crippen LogP contribution in [-0.4, -0.2) is 21.9 Å². The first-order chi connectivity index (χ1) is 16.6. The summed E-state index contributed by atoms with van der Waals surface area (Å²) in [6.45, 7) is 4.05. The predicted octanol–water partition coefficient (Wildman–Crippen LogP) is 6.64. The molecule has 174 valence electrons. The molecule has 4 aromatic rings. The highest BCUT2D eigenvalue weighted by molar-refractivity contribution is 6.07. The van der Waals surface area contributed by atoms with Gasteiger partial charge in [0.25, 0.3) is 0 Å². The number of esters is 2. The van der Waals surface area contributed by atoms with Crippen LogP contribution in [0.2, 0.25) is 0 Å². The number of pyridine rings is 2. The lowest BCUT2D eigenvalue weighted by Gasteiger charge is -2.17. The number of fused-ring (bicyclic) bond motifs is 2. The molecule has 4 rings (SSSR count). The molecule has 0 radical (unpaired) electrons. The van der Waals surface area contributed by atoms with Crippen molar-refractivity contribution in [3.63, 3.8) is 0 Å². The Labute approximate surface area is 198 Å². The summed E-state index contributed by atoms with van der Waals surface area (Å²) in [5.41, 5.74) is 2.47. The Morgan fingerprint density at radius 3 is 1.53 bits per heavy atom. The Balaban J connectivity index is 1.94. The fourth-order valence-electron chi connectivity index (χ4n) is 3.90. The van der Waals surface area contributed by atoms with Gasteiger partial charge in [-0.15, -0.1) is 0 Å². The van der Waals surface area contributed by atoms with Crippen molar-refractivity contribution in [3.8, 4) is 22.6 Å². The van der Waals surface area contributed by atoms with Gasteiger partial charge in [0, 0.05) is 36.0 Å². The van der Waals surface area contributed by atoms with E-state index in [2.05, 4.69) is 9.97 Å². The number of aromatic nitrogens is 2. The zero-order valence-corrected chi connectivity index (χ0v) is 19.5. The molecule has 34 heavy (non-hydrogen) atoms. The molecule has 6 nitrogen and oxygen atoms in total. The average molecular weight is 457 g/mol. The minimum atomic E-state index is -0.312. The average Bonchev–Trinajstić information content (AvgIpc) is 2.86. The van der Waals surface area contributed by atoms with E-state index in [1.807, 2.05) is 50.2 Å². The van der Waals surface area contributed by atoms with E-state index in [1.54, 1.807) is 24.5 Å². The van der Waals surface area contributed by atoms with E-state index in [-0.39, 0.29) is 11.9 Å². The molecule has 0 N–H and O–H groups in total. The summed E-state index contributed by atoms with van der Waals surface area (Å²) in [6, 6.07) is 14.9. The highest BCUT2D eigenvalue weighted by Crippen LogP contribution is 2.44. The number of ether oxygens (including phenoxy) is 2. The van der Waals surface area contributed by atoms with E-state index in [0.717, 1.165) is 36.5 Å². The Hall–Kier alpha value is -3.80. The maximum absolute atomic E-state index is 12.6. The van der Waals surface area contributed by atoms with Gasteiger partial charge in [-0.1, -0.05) is 38.8 Å². The molecule has 6 heteroatoms. The summed E-state index contributed by atoms with van der Waals surface area (Å²) in [7, 11) is 0. The van der Waals surface area contributed by atoms with Crippen LogP contribution < -0.4 is 9.47 Å². The Morgan fingerprint density at radius 1 is 0.676 bits per heavy atom. The first kappa shape index (κ1) is 23.4. The number of hydrogen-bond acceptors (Lipinski definition) is 6. The quantitative estimate of drug-likeness (QED) is 0.207. The topological polar surface area (TPSA) is 78.4 Å². The Morgan fingerprint density at radius 2 is 1.12 bits per heavy atom. The van der Waals surface area contributed by atoms with Crippen LogP contribution in [-0.2, 0) is 9.59 Å². The minimum absolute atomic E-state index is 0.312. The first-order valence-electron chi connectivity index (χ1n) is 11.8.